The van der Waals surface area contributed by atoms with E-state index in [9.17, 15) is 18.8 Å². The van der Waals surface area contributed by atoms with Gasteiger partial charge < -0.3 is 15.5 Å². The quantitative estimate of drug-likeness (QED) is 0.602. The maximum absolute atomic E-state index is 13.3. The normalized spacial score (nSPS) is 15.9. The van der Waals surface area contributed by atoms with E-state index in [1.165, 1.54) is 24.4 Å². The molecule has 1 atom stereocenters. The second-order valence-corrected chi connectivity index (χ2v) is 8.19. The molecule has 0 aliphatic carbocycles. The summed E-state index contributed by atoms with van der Waals surface area (Å²) in [6.07, 6.45) is 3.34. The van der Waals surface area contributed by atoms with Gasteiger partial charge in [-0.2, -0.15) is 5.10 Å². The van der Waals surface area contributed by atoms with Crippen molar-refractivity contribution in [2.45, 2.75) is 25.8 Å². The van der Waals surface area contributed by atoms with Crippen molar-refractivity contribution in [3.05, 3.63) is 70.8 Å². The van der Waals surface area contributed by atoms with Crippen molar-refractivity contribution >= 4 is 28.5 Å². The first kappa shape index (κ1) is 22.4. The summed E-state index contributed by atoms with van der Waals surface area (Å²) in [5.41, 5.74) is 0.959. The highest BCUT2D eigenvalue weighted by Crippen LogP contribution is 2.17. The number of likely N-dealkylation sites (tertiary alicyclic amines) is 1. The maximum Gasteiger partial charge on any atom is 0.319 e. The molecule has 3 amide bonds. The topological polar surface area (TPSA) is 96.3 Å². The van der Waals surface area contributed by atoms with Crippen molar-refractivity contribution in [3.63, 3.8) is 0 Å². The van der Waals surface area contributed by atoms with Crippen LogP contribution in [0.15, 0.2) is 59.5 Å². The van der Waals surface area contributed by atoms with E-state index >= 15 is 0 Å². The number of rotatable bonds is 6. The Morgan fingerprint density at radius 2 is 2.00 bits per heavy atom. The molecule has 1 saturated heterocycles. The number of nitrogens with zero attached hydrogens (tertiary/aromatic N) is 3. The smallest absolute Gasteiger partial charge is 0.319 e. The Kier molecular flexibility index (Phi) is 6.97. The number of aromatic nitrogens is 2. The molecule has 0 radical (unpaired) electrons. The van der Waals surface area contributed by atoms with Crippen LogP contribution >= 0.6 is 0 Å². The van der Waals surface area contributed by atoms with Gasteiger partial charge in [-0.3, -0.25) is 14.3 Å². The summed E-state index contributed by atoms with van der Waals surface area (Å²) < 4.78 is 14.9. The van der Waals surface area contributed by atoms with Gasteiger partial charge >= 0.3 is 6.03 Å². The number of amides is 3. The van der Waals surface area contributed by atoms with Crippen LogP contribution in [0.5, 0.6) is 0 Å². The number of halogens is 1. The lowest BCUT2D eigenvalue weighted by Gasteiger charge is -2.33. The van der Waals surface area contributed by atoms with Gasteiger partial charge in [0.05, 0.1) is 18.3 Å². The number of hydrogen-bond donors (Lipinski definition) is 2. The SMILES string of the molecule is O=C(NCC1CCCN(C(=O)CCn2ncc(=O)c3ccccc32)C1)Nc1cccc(F)c1. The molecule has 2 aromatic carbocycles. The lowest BCUT2D eigenvalue weighted by Crippen LogP contribution is -2.44. The zero-order chi connectivity index (χ0) is 23.2. The minimum absolute atomic E-state index is 0.0218. The molecule has 1 unspecified atom stereocenters. The first-order valence-corrected chi connectivity index (χ1v) is 11.0. The third-order valence-corrected chi connectivity index (χ3v) is 5.80. The first-order valence-electron chi connectivity index (χ1n) is 11.0. The molecule has 4 rings (SSSR count). The number of benzene rings is 2. The minimum atomic E-state index is -0.417. The predicted octanol–water partition coefficient (Wildman–Crippen LogP) is 2.99. The number of piperidine rings is 1. The number of anilines is 1. The number of para-hydroxylation sites is 1. The van der Waals surface area contributed by atoms with Crippen molar-refractivity contribution < 1.29 is 14.0 Å². The molecular formula is C24H26FN5O3. The van der Waals surface area contributed by atoms with Crippen LogP contribution in [0.4, 0.5) is 14.9 Å². The van der Waals surface area contributed by atoms with E-state index in [0.29, 0.717) is 42.8 Å². The molecule has 172 valence electrons. The van der Waals surface area contributed by atoms with Crippen molar-refractivity contribution in [2.75, 3.05) is 25.0 Å². The molecule has 1 aromatic heterocycles. The third-order valence-electron chi connectivity index (χ3n) is 5.80. The Morgan fingerprint density at radius 3 is 2.85 bits per heavy atom. The monoisotopic (exact) mass is 451 g/mol. The summed E-state index contributed by atoms with van der Waals surface area (Å²) >= 11 is 0. The molecule has 0 spiro atoms. The van der Waals surface area contributed by atoms with E-state index in [0.717, 1.165) is 12.8 Å². The van der Waals surface area contributed by atoms with Gasteiger partial charge in [0.25, 0.3) is 0 Å². The van der Waals surface area contributed by atoms with Crippen LogP contribution in [0.2, 0.25) is 0 Å². The Hall–Kier alpha value is -3.75. The predicted molar refractivity (Wildman–Crippen MR) is 123 cm³/mol. The molecule has 2 heterocycles. The molecule has 1 aliphatic heterocycles. The van der Waals surface area contributed by atoms with E-state index in [-0.39, 0.29) is 23.7 Å². The van der Waals surface area contributed by atoms with Gasteiger partial charge in [-0.05, 0) is 49.1 Å². The zero-order valence-corrected chi connectivity index (χ0v) is 18.2. The number of aryl methyl sites for hydroxylation is 1. The fraction of sp³-hybridized carbons (Fsp3) is 0.333. The van der Waals surface area contributed by atoms with Crippen LogP contribution in [-0.4, -0.2) is 46.3 Å². The minimum Gasteiger partial charge on any atom is -0.342 e. The number of carbonyl (C=O) groups excluding carboxylic acids is 2. The number of carbonyl (C=O) groups is 2. The van der Waals surface area contributed by atoms with Gasteiger partial charge in [-0.1, -0.05) is 18.2 Å². The highest BCUT2D eigenvalue weighted by atomic mass is 19.1. The average Bonchev–Trinajstić information content (AvgIpc) is 2.82. The highest BCUT2D eigenvalue weighted by molar-refractivity contribution is 5.89. The van der Waals surface area contributed by atoms with Crippen LogP contribution < -0.4 is 16.1 Å². The van der Waals surface area contributed by atoms with Crippen molar-refractivity contribution in [2.24, 2.45) is 5.92 Å². The van der Waals surface area contributed by atoms with E-state index < -0.39 is 11.8 Å². The van der Waals surface area contributed by atoms with Gasteiger partial charge in [-0.25, -0.2) is 9.18 Å². The van der Waals surface area contributed by atoms with Crippen LogP contribution in [0, 0.1) is 11.7 Å². The standard InChI is InChI=1S/C24H26FN5O3/c25-18-6-3-7-19(13-18)28-24(33)26-14-17-5-4-11-29(16-17)23(32)10-12-30-21-9-2-1-8-20(21)22(31)15-27-30/h1-3,6-9,13,15,17H,4-5,10-12,14,16H2,(H2,26,28,33). The van der Waals surface area contributed by atoms with Crippen LogP contribution in [0.25, 0.3) is 10.9 Å². The van der Waals surface area contributed by atoms with Gasteiger partial charge in [0.2, 0.25) is 11.3 Å². The van der Waals surface area contributed by atoms with Crippen LogP contribution in [-0.2, 0) is 11.3 Å². The van der Waals surface area contributed by atoms with Crippen LogP contribution in [0.3, 0.4) is 0 Å². The van der Waals surface area contributed by atoms with Gasteiger partial charge in [0.15, 0.2) is 0 Å². The van der Waals surface area contributed by atoms with E-state index in [4.69, 9.17) is 0 Å². The highest BCUT2D eigenvalue weighted by Gasteiger charge is 2.24. The Labute approximate surface area is 190 Å². The van der Waals surface area contributed by atoms with Crippen molar-refractivity contribution in [1.29, 1.82) is 0 Å². The molecule has 1 aliphatic rings. The van der Waals surface area contributed by atoms with Gasteiger partial charge in [0.1, 0.15) is 5.82 Å². The second kappa shape index (κ2) is 10.2. The summed E-state index contributed by atoms with van der Waals surface area (Å²) in [5.74, 6) is -0.250. The number of hydrogen-bond acceptors (Lipinski definition) is 4. The van der Waals surface area contributed by atoms with E-state index in [2.05, 4.69) is 15.7 Å². The molecule has 8 nitrogen and oxygen atoms in total. The fourth-order valence-corrected chi connectivity index (χ4v) is 4.14. The van der Waals surface area contributed by atoms with E-state index in [1.807, 2.05) is 17.0 Å². The largest absolute Gasteiger partial charge is 0.342 e. The van der Waals surface area contributed by atoms with Gasteiger partial charge in [-0.15, -0.1) is 0 Å². The molecular weight excluding hydrogens is 425 g/mol. The average molecular weight is 452 g/mol. The summed E-state index contributed by atoms with van der Waals surface area (Å²) in [5, 5.41) is 10.2. The summed E-state index contributed by atoms with van der Waals surface area (Å²) in [6.45, 7) is 2.06. The Bertz CT molecular complexity index is 1210. The third kappa shape index (κ3) is 5.74. The molecule has 1 fully saturated rings. The second-order valence-electron chi connectivity index (χ2n) is 8.19. The summed E-state index contributed by atoms with van der Waals surface area (Å²) in [4.78, 5) is 38.7. The molecule has 2 N–H and O–H groups in total. The zero-order valence-electron chi connectivity index (χ0n) is 18.2. The molecule has 0 saturated carbocycles. The Morgan fingerprint density at radius 1 is 1.15 bits per heavy atom. The first-order chi connectivity index (χ1) is 16.0. The fourth-order valence-electron chi connectivity index (χ4n) is 4.14. The van der Waals surface area contributed by atoms with E-state index in [1.54, 1.807) is 22.9 Å². The number of nitrogens with one attached hydrogen (secondary N) is 2. The summed E-state index contributed by atoms with van der Waals surface area (Å²) in [6, 6.07) is 12.5. The van der Waals surface area contributed by atoms with Crippen molar-refractivity contribution in [1.82, 2.24) is 20.0 Å². The lowest BCUT2D eigenvalue weighted by atomic mass is 9.97. The van der Waals surface area contributed by atoms with Crippen molar-refractivity contribution in [3.8, 4) is 0 Å². The van der Waals surface area contributed by atoms with Crippen LogP contribution in [0.1, 0.15) is 19.3 Å². The number of fused-ring (bicyclic) bond motifs is 1. The summed E-state index contributed by atoms with van der Waals surface area (Å²) in [7, 11) is 0. The molecule has 3 aromatic rings. The molecule has 33 heavy (non-hydrogen) atoms. The molecule has 9 heteroatoms. The molecule has 0 bridgehead atoms. The van der Waals surface area contributed by atoms with Gasteiger partial charge in [0, 0.05) is 37.1 Å². The maximum atomic E-state index is 13.3. The number of urea groups is 1. The lowest BCUT2D eigenvalue weighted by molar-refractivity contribution is -0.133. The Balaban J connectivity index is 1.28.